The van der Waals surface area contributed by atoms with Gasteiger partial charge in [0, 0.05) is 17.5 Å². The van der Waals surface area contributed by atoms with Crippen LogP contribution < -0.4 is 11.1 Å². The molecule has 0 saturated heterocycles. The van der Waals surface area contributed by atoms with Gasteiger partial charge in [0.15, 0.2) is 0 Å². The molecule has 0 fully saturated rings. The number of thiophene rings is 1. The van der Waals surface area contributed by atoms with Gasteiger partial charge in [-0.25, -0.2) is 0 Å². The molecule has 1 heterocycles. The van der Waals surface area contributed by atoms with Gasteiger partial charge in [0.2, 0.25) is 0 Å². The third-order valence-corrected chi connectivity index (χ3v) is 2.94. The van der Waals surface area contributed by atoms with Crippen molar-refractivity contribution in [1.29, 1.82) is 0 Å². The standard InChI is InChI=1S/C9H15ClN2S/c1-7(11)4-5-12-6-8-2-3-9(10)13-8/h2-3,7,12H,4-6,11H2,1H3. The Bertz CT molecular complexity index is 248. The second-order valence-corrected chi connectivity index (χ2v) is 4.95. The van der Waals surface area contributed by atoms with E-state index in [1.54, 1.807) is 11.3 Å². The van der Waals surface area contributed by atoms with Crippen molar-refractivity contribution >= 4 is 22.9 Å². The fourth-order valence-electron chi connectivity index (χ4n) is 0.988. The van der Waals surface area contributed by atoms with Crippen molar-refractivity contribution in [1.82, 2.24) is 5.32 Å². The largest absolute Gasteiger partial charge is 0.328 e. The van der Waals surface area contributed by atoms with Gasteiger partial charge < -0.3 is 11.1 Å². The molecule has 13 heavy (non-hydrogen) atoms. The molecule has 3 N–H and O–H groups in total. The van der Waals surface area contributed by atoms with Crippen LogP contribution in [0.5, 0.6) is 0 Å². The lowest BCUT2D eigenvalue weighted by molar-refractivity contribution is 0.591. The van der Waals surface area contributed by atoms with Crippen LogP contribution in [0.3, 0.4) is 0 Å². The molecule has 1 unspecified atom stereocenters. The minimum atomic E-state index is 0.277. The van der Waals surface area contributed by atoms with Crippen molar-refractivity contribution in [2.75, 3.05) is 6.54 Å². The maximum Gasteiger partial charge on any atom is 0.0931 e. The zero-order valence-electron chi connectivity index (χ0n) is 7.72. The number of hydrogen-bond acceptors (Lipinski definition) is 3. The Hall–Kier alpha value is -0.0900. The summed E-state index contributed by atoms with van der Waals surface area (Å²) in [6.07, 6.45) is 1.01. The minimum Gasteiger partial charge on any atom is -0.328 e. The van der Waals surface area contributed by atoms with Crippen LogP contribution in [0.2, 0.25) is 4.34 Å². The molecule has 0 aliphatic carbocycles. The number of halogens is 1. The molecule has 0 aliphatic rings. The molecule has 2 nitrogen and oxygen atoms in total. The minimum absolute atomic E-state index is 0.277. The Morgan fingerprint density at radius 3 is 2.92 bits per heavy atom. The summed E-state index contributed by atoms with van der Waals surface area (Å²) in [5, 5.41) is 3.32. The highest BCUT2D eigenvalue weighted by molar-refractivity contribution is 7.16. The molecule has 0 bridgehead atoms. The summed E-state index contributed by atoms with van der Waals surface area (Å²) in [7, 11) is 0. The highest BCUT2D eigenvalue weighted by Crippen LogP contribution is 2.20. The molecule has 1 rings (SSSR count). The summed E-state index contributed by atoms with van der Waals surface area (Å²) in [5.74, 6) is 0. The Labute approximate surface area is 88.1 Å². The predicted molar refractivity (Wildman–Crippen MR) is 59.3 cm³/mol. The molecule has 0 amide bonds. The van der Waals surface area contributed by atoms with Gasteiger partial charge in [-0.15, -0.1) is 11.3 Å². The van der Waals surface area contributed by atoms with E-state index in [9.17, 15) is 0 Å². The molecule has 74 valence electrons. The molecular weight excluding hydrogens is 204 g/mol. The van der Waals surface area contributed by atoms with Crippen molar-refractivity contribution in [3.8, 4) is 0 Å². The Kier molecular flexibility index (Phi) is 4.73. The third-order valence-electron chi connectivity index (χ3n) is 1.70. The first-order valence-corrected chi connectivity index (χ1v) is 5.58. The van der Waals surface area contributed by atoms with Crippen molar-refractivity contribution < 1.29 is 0 Å². The lowest BCUT2D eigenvalue weighted by Crippen LogP contribution is -2.23. The van der Waals surface area contributed by atoms with E-state index in [-0.39, 0.29) is 6.04 Å². The smallest absolute Gasteiger partial charge is 0.0931 e. The molecule has 0 saturated carbocycles. The Morgan fingerprint density at radius 2 is 2.38 bits per heavy atom. The monoisotopic (exact) mass is 218 g/mol. The van der Waals surface area contributed by atoms with Crippen LogP contribution in [-0.4, -0.2) is 12.6 Å². The summed E-state index contributed by atoms with van der Waals surface area (Å²) in [5.41, 5.74) is 5.62. The van der Waals surface area contributed by atoms with Gasteiger partial charge in [0.25, 0.3) is 0 Å². The lowest BCUT2D eigenvalue weighted by atomic mass is 10.2. The first-order chi connectivity index (χ1) is 6.18. The molecule has 4 heteroatoms. The number of rotatable bonds is 5. The van der Waals surface area contributed by atoms with Crippen LogP contribution in [-0.2, 0) is 6.54 Å². The molecule has 0 spiro atoms. The van der Waals surface area contributed by atoms with Gasteiger partial charge in [-0.05, 0) is 32.0 Å². The van der Waals surface area contributed by atoms with E-state index in [4.69, 9.17) is 17.3 Å². The Balaban J connectivity index is 2.13. The zero-order valence-corrected chi connectivity index (χ0v) is 9.29. The maximum atomic E-state index is 5.79. The fourth-order valence-corrected chi connectivity index (χ4v) is 2.05. The van der Waals surface area contributed by atoms with Crippen molar-refractivity contribution in [2.45, 2.75) is 25.9 Å². The first-order valence-electron chi connectivity index (χ1n) is 4.39. The van der Waals surface area contributed by atoms with Gasteiger partial charge >= 0.3 is 0 Å². The van der Waals surface area contributed by atoms with Crippen molar-refractivity contribution in [3.63, 3.8) is 0 Å². The summed E-state index contributed by atoms with van der Waals surface area (Å²) in [6, 6.07) is 4.25. The number of nitrogens with one attached hydrogen (secondary N) is 1. The van der Waals surface area contributed by atoms with E-state index in [2.05, 4.69) is 5.32 Å². The van der Waals surface area contributed by atoms with E-state index in [1.165, 1.54) is 4.88 Å². The molecule has 1 aromatic heterocycles. The van der Waals surface area contributed by atoms with Crippen LogP contribution in [0.4, 0.5) is 0 Å². The van der Waals surface area contributed by atoms with E-state index in [0.29, 0.717) is 0 Å². The van der Waals surface area contributed by atoms with Crippen LogP contribution in [0, 0.1) is 0 Å². The third kappa shape index (κ3) is 4.62. The summed E-state index contributed by atoms with van der Waals surface area (Å²) >= 11 is 7.41. The second-order valence-electron chi connectivity index (χ2n) is 3.15. The van der Waals surface area contributed by atoms with E-state index < -0.39 is 0 Å². The van der Waals surface area contributed by atoms with Gasteiger partial charge in [-0.3, -0.25) is 0 Å². The van der Waals surface area contributed by atoms with E-state index in [0.717, 1.165) is 23.8 Å². The summed E-state index contributed by atoms with van der Waals surface area (Å²) in [6.45, 7) is 3.88. The lowest BCUT2D eigenvalue weighted by Gasteiger charge is -2.05. The van der Waals surface area contributed by atoms with Crippen LogP contribution >= 0.6 is 22.9 Å². The average molecular weight is 219 g/mol. The van der Waals surface area contributed by atoms with Gasteiger partial charge in [0.1, 0.15) is 0 Å². The molecule has 1 atom stereocenters. The molecule has 0 aliphatic heterocycles. The van der Waals surface area contributed by atoms with Crippen LogP contribution in [0.1, 0.15) is 18.2 Å². The van der Waals surface area contributed by atoms with Gasteiger partial charge in [0.05, 0.1) is 4.34 Å². The second kappa shape index (κ2) is 5.60. The topological polar surface area (TPSA) is 38.0 Å². The predicted octanol–water partition coefficient (Wildman–Crippen LogP) is 2.23. The molecular formula is C9H15ClN2S. The van der Waals surface area contributed by atoms with Crippen molar-refractivity contribution in [2.24, 2.45) is 5.73 Å². The number of nitrogens with two attached hydrogens (primary N) is 1. The van der Waals surface area contributed by atoms with E-state index in [1.807, 2.05) is 19.1 Å². The average Bonchev–Trinajstić information content (AvgIpc) is 2.45. The Morgan fingerprint density at radius 1 is 1.62 bits per heavy atom. The summed E-state index contributed by atoms with van der Waals surface area (Å²) < 4.78 is 0.851. The SMILES string of the molecule is CC(N)CCNCc1ccc(Cl)s1. The normalized spacial score (nSPS) is 13.2. The molecule has 1 aromatic rings. The van der Waals surface area contributed by atoms with Crippen LogP contribution in [0.25, 0.3) is 0 Å². The molecule has 0 aromatic carbocycles. The maximum absolute atomic E-state index is 5.79. The van der Waals surface area contributed by atoms with Crippen LogP contribution in [0.15, 0.2) is 12.1 Å². The van der Waals surface area contributed by atoms with E-state index >= 15 is 0 Å². The van der Waals surface area contributed by atoms with Gasteiger partial charge in [-0.1, -0.05) is 11.6 Å². The fraction of sp³-hybridized carbons (Fsp3) is 0.556. The quantitative estimate of drug-likeness (QED) is 0.744. The van der Waals surface area contributed by atoms with Gasteiger partial charge in [-0.2, -0.15) is 0 Å². The highest BCUT2D eigenvalue weighted by Gasteiger charge is 1.97. The zero-order chi connectivity index (χ0) is 9.68. The molecule has 0 radical (unpaired) electrons. The number of hydrogen-bond donors (Lipinski definition) is 2. The highest BCUT2D eigenvalue weighted by atomic mass is 35.5. The summed E-state index contributed by atoms with van der Waals surface area (Å²) in [4.78, 5) is 1.27. The van der Waals surface area contributed by atoms with Crippen molar-refractivity contribution in [3.05, 3.63) is 21.3 Å². The first kappa shape index (κ1) is 11.0.